The lowest BCUT2D eigenvalue weighted by atomic mass is 10.0. The summed E-state index contributed by atoms with van der Waals surface area (Å²) in [7, 11) is 3.41. The molecule has 0 atom stereocenters. The summed E-state index contributed by atoms with van der Waals surface area (Å²) in [4.78, 5) is 0. The Morgan fingerprint density at radius 3 is 1.46 bits per heavy atom. The van der Waals surface area contributed by atoms with E-state index in [1.54, 1.807) is 42.7 Å². The first-order chi connectivity index (χ1) is 11.5. The van der Waals surface area contributed by atoms with Crippen LogP contribution in [0.5, 0.6) is 0 Å². The Bertz CT molecular complexity index is 513. The molecule has 0 unspecified atom stereocenters. The van der Waals surface area contributed by atoms with Crippen LogP contribution in [0, 0.1) is 0 Å². The van der Waals surface area contributed by atoms with E-state index in [9.17, 15) is 0 Å². The monoisotopic (exact) mass is 374 g/mol. The van der Waals surface area contributed by atoms with E-state index in [4.69, 9.17) is 26.6 Å². The molecule has 6 nitrogen and oxygen atoms in total. The Morgan fingerprint density at radius 2 is 1.12 bits per heavy atom. The number of hydrogen-bond acceptors (Lipinski definition) is 6. The third-order valence-electron chi connectivity index (χ3n) is 4.39. The van der Waals surface area contributed by atoms with Gasteiger partial charge in [-0.05, 0) is 24.0 Å². The van der Waals surface area contributed by atoms with Crippen LogP contribution < -0.4 is 10.4 Å². The second-order valence-corrected chi connectivity index (χ2v) is 10.9. The highest BCUT2D eigenvalue weighted by Crippen LogP contribution is 2.18. The highest BCUT2D eigenvalue weighted by Gasteiger charge is 2.52. The molecule has 0 N–H and O–H groups in total. The Labute approximate surface area is 147 Å². The number of hydrogen-bond donors (Lipinski definition) is 0. The average Bonchev–Trinajstić information content (AvgIpc) is 2.65. The molecular formula is C16H30O6Si2. The fourth-order valence-electron chi connectivity index (χ4n) is 3.17. The molecule has 0 amide bonds. The zero-order chi connectivity index (χ0) is 18.4. The molecule has 0 aliphatic heterocycles. The Hall–Kier alpha value is -0.586. The zero-order valence-electron chi connectivity index (χ0n) is 16.0. The summed E-state index contributed by atoms with van der Waals surface area (Å²) < 4.78 is 34.5. The molecule has 24 heavy (non-hydrogen) atoms. The molecule has 0 heterocycles. The fraction of sp³-hybridized carbons (Fsp3) is 0.625. The molecule has 0 aromatic heterocycles. The maximum atomic E-state index is 5.78. The van der Waals surface area contributed by atoms with Crippen molar-refractivity contribution in [3.63, 3.8) is 0 Å². The van der Waals surface area contributed by atoms with E-state index < -0.39 is 17.6 Å². The van der Waals surface area contributed by atoms with Gasteiger partial charge in [0, 0.05) is 53.0 Å². The van der Waals surface area contributed by atoms with Gasteiger partial charge in [0.2, 0.25) is 0 Å². The van der Waals surface area contributed by atoms with Gasteiger partial charge in [0.1, 0.15) is 0 Å². The second-order valence-electron chi connectivity index (χ2n) is 5.17. The highest BCUT2D eigenvalue weighted by molar-refractivity contribution is 6.86. The van der Waals surface area contributed by atoms with E-state index in [1.165, 1.54) is 5.56 Å². The standard InChI is InChI=1S/C16H30O6Si2/c1-9-13-11-12-15(23(17-3,18-4)19-5)16(14(13)10-2)24(20-6,21-7)22-8/h11-12H,9-10H2,1-8H3. The summed E-state index contributed by atoms with van der Waals surface area (Å²) in [5.41, 5.74) is 2.38. The molecule has 8 heteroatoms. The second kappa shape index (κ2) is 9.21. The van der Waals surface area contributed by atoms with E-state index in [0.29, 0.717) is 0 Å². The number of rotatable bonds is 10. The lowest BCUT2D eigenvalue weighted by Gasteiger charge is -2.34. The van der Waals surface area contributed by atoms with Crippen molar-refractivity contribution in [2.75, 3.05) is 42.7 Å². The van der Waals surface area contributed by atoms with E-state index in [-0.39, 0.29) is 0 Å². The van der Waals surface area contributed by atoms with Crippen molar-refractivity contribution >= 4 is 28.0 Å². The van der Waals surface area contributed by atoms with Crippen molar-refractivity contribution in [1.82, 2.24) is 0 Å². The summed E-state index contributed by atoms with van der Waals surface area (Å²) in [6.07, 6.45) is 1.72. The third kappa shape index (κ3) is 3.51. The fourth-order valence-corrected chi connectivity index (χ4v) is 8.22. The van der Waals surface area contributed by atoms with E-state index in [0.717, 1.165) is 28.8 Å². The first-order valence-electron chi connectivity index (χ1n) is 7.96. The van der Waals surface area contributed by atoms with Crippen LogP contribution in [-0.4, -0.2) is 60.3 Å². The molecule has 1 rings (SSSR count). The van der Waals surface area contributed by atoms with Crippen LogP contribution in [0.4, 0.5) is 0 Å². The Balaban J connectivity index is 3.91. The summed E-state index contributed by atoms with van der Waals surface area (Å²) in [5.74, 6) is 0. The maximum Gasteiger partial charge on any atom is 0.536 e. The minimum Gasteiger partial charge on any atom is -0.373 e. The van der Waals surface area contributed by atoms with Crippen LogP contribution in [0.1, 0.15) is 25.0 Å². The summed E-state index contributed by atoms with van der Waals surface area (Å²) in [6, 6.07) is 4.09. The van der Waals surface area contributed by atoms with Gasteiger partial charge in [-0.15, -0.1) is 0 Å². The van der Waals surface area contributed by atoms with Crippen LogP contribution >= 0.6 is 0 Å². The first kappa shape index (κ1) is 21.5. The minimum atomic E-state index is -3.12. The maximum absolute atomic E-state index is 5.78. The van der Waals surface area contributed by atoms with Gasteiger partial charge in [0.25, 0.3) is 0 Å². The summed E-state index contributed by atoms with van der Waals surface area (Å²) in [6.45, 7) is 4.23. The van der Waals surface area contributed by atoms with Crippen LogP contribution in [0.2, 0.25) is 0 Å². The van der Waals surface area contributed by atoms with Gasteiger partial charge in [0.15, 0.2) is 0 Å². The lowest BCUT2D eigenvalue weighted by molar-refractivity contribution is 0.134. The van der Waals surface area contributed by atoms with Crippen LogP contribution in [-0.2, 0) is 39.4 Å². The molecule has 0 saturated heterocycles. The first-order valence-corrected chi connectivity index (χ1v) is 11.4. The van der Waals surface area contributed by atoms with E-state index >= 15 is 0 Å². The van der Waals surface area contributed by atoms with Gasteiger partial charge in [0.05, 0.1) is 0 Å². The van der Waals surface area contributed by atoms with Gasteiger partial charge in [-0.25, -0.2) is 0 Å². The molecule has 138 valence electrons. The molecule has 0 aliphatic carbocycles. The Morgan fingerprint density at radius 1 is 0.667 bits per heavy atom. The van der Waals surface area contributed by atoms with Crippen molar-refractivity contribution in [3.8, 4) is 0 Å². The van der Waals surface area contributed by atoms with Gasteiger partial charge in [-0.2, -0.15) is 0 Å². The molecule has 0 spiro atoms. The van der Waals surface area contributed by atoms with Gasteiger partial charge in [-0.3, -0.25) is 0 Å². The van der Waals surface area contributed by atoms with Crippen LogP contribution in [0.15, 0.2) is 12.1 Å². The quantitative estimate of drug-likeness (QED) is 0.569. The average molecular weight is 375 g/mol. The van der Waals surface area contributed by atoms with Gasteiger partial charge < -0.3 is 26.6 Å². The van der Waals surface area contributed by atoms with E-state index in [2.05, 4.69) is 19.9 Å². The van der Waals surface area contributed by atoms with Gasteiger partial charge in [-0.1, -0.05) is 26.0 Å². The predicted molar refractivity (Wildman–Crippen MR) is 98.0 cm³/mol. The normalized spacial score (nSPS) is 12.7. The van der Waals surface area contributed by atoms with Crippen molar-refractivity contribution in [1.29, 1.82) is 0 Å². The van der Waals surface area contributed by atoms with Crippen molar-refractivity contribution in [3.05, 3.63) is 23.3 Å². The van der Waals surface area contributed by atoms with Crippen molar-refractivity contribution in [2.24, 2.45) is 0 Å². The van der Waals surface area contributed by atoms with Crippen molar-refractivity contribution in [2.45, 2.75) is 26.7 Å². The number of benzene rings is 1. The molecule has 1 aromatic carbocycles. The summed E-state index contributed by atoms with van der Waals surface area (Å²) in [5, 5.41) is 1.73. The molecule has 0 radical (unpaired) electrons. The third-order valence-corrected chi connectivity index (χ3v) is 10.1. The number of aryl methyl sites for hydroxylation is 1. The molecule has 0 fully saturated rings. The van der Waals surface area contributed by atoms with E-state index in [1.807, 2.05) is 6.07 Å². The summed E-state index contributed by atoms with van der Waals surface area (Å²) >= 11 is 0. The highest BCUT2D eigenvalue weighted by atomic mass is 28.4. The predicted octanol–water partition coefficient (Wildman–Crippen LogP) is 0.982. The Kier molecular flexibility index (Phi) is 8.23. The molecule has 0 bridgehead atoms. The molecule has 1 aromatic rings. The van der Waals surface area contributed by atoms with Crippen LogP contribution in [0.25, 0.3) is 0 Å². The minimum absolute atomic E-state index is 0.818. The molecule has 0 saturated carbocycles. The largest absolute Gasteiger partial charge is 0.536 e. The molecule has 0 aliphatic rings. The smallest absolute Gasteiger partial charge is 0.373 e. The molecular weight excluding hydrogens is 344 g/mol. The lowest BCUT2D eigenvalue weighted by Crippen LogP contribution is -2.69. The topological polar surface area (TPSA) is 55.4 Å². The SMILES string of the molecule is CCc1ccc([Si](OC)(OC)OC)c([Si](OC)(OC)OC)c1CC. The van der Waals surface area contributed by atoms with Crippen LogP contribution in [0.3, 0.4) is 0 Å². The van der Waals surface area contributed by atoms with Crippen molar-refractivity contribution < 1.29 is 26.6 Å². The zero-order valence-corrected chi connectivity index (χ0v) is 18.0. The van der Waals surface area contributed by atoms with Gasteiger partial charge >= 0.3 is 17.6 Å².